The van der Waals surface area contributed by atoms with Crippen molar-refractivity contribution >= 4 is 50.9 Å². The lowest BCUT2D eigenvalue weighted by Crippen LogP contribution is -2.25. The lowest BCUT2D eigenvalue weighted by molar-refractivity contribution is 0.726. The van der Waals surface area contributed by atoms with Gasteiger partial charge in [-0.1, -0.05) is 24.9 Å². The van der Waals surface area contributed by atoms with Crippen molar-refractivity contribution in [1.82, 2.24) is 9.97 Å². The Labute approximate surface area is 132 Å². The molecule has 0 saturated carbocycles. The van der Waals surface area contributed by atoms with Crippen LogP contribution in [0.2, 0.25) is 5.02 Å². The molecule has 0 spiro atoms. The highest BCUT2D eigenvalue weighted by Gasteiger charge is 2.12. The van der Waals surface area contributed by atoms with Gasteiger partial charge in [-0.05, 0) is 48.1 Å². The lowest BCUT2D eigenvalue weighted by atomic mass is 10.2. The molecule has 0 N–H and O–H groups in total. The van der Waals surface area contributed by atoms with E-state index in [-0.39, 0.29) is 0 Å². The number of fused-ring (bicyclic) bond motifs is 1. The number of nitrogens with zero attached hydrogens (tertiary/aromatic N) is 3. The summed E-state index contributed by atoms with van der Waals surface area (Å²) in [6.07, 6.45) is 3.98. The molecule has 0 aliphatic heterocycles. The minimum atomic E-state index is 0.736. The second-order valence-electron chi connectivity index (χ2n) is 4.41. The van der Waals surface area contributed by atoms with Crippen LogP contribution < -0.4 is 4.90 Å². The number of halogens is 2. The number of hydrogen-bond acceptors (Lipinski definition) is 3. The van der Waals surface area contributed by atoms with Gasteiger partial charge < -0.3 is 4.90 Å². The van der Waals surface area contributed by atoms with Crippen molar-refractivity contribution in [3.05, 3.63) is 27.1 Å². The van der Waals surface area contributed by atoms with Crippen molar-refractivity contribution in [2.45, 2.75) is 26.7 Å². The Bertz CT molecular complexity index is 574. The third kappa shape index (κ3) is 3.28. The van der Waals surface area contributed by atoms with Gasteiger partial charge in [0, 0.05) is 27.1 Å². The van der Waals surface area contributed by atoms with E-state index in [1.54, 1.807) is 6.33 Å². The largest absolute Gasteiger partial charge is 0.356 e. The summed E-state index contributed by atoms with van der Waals surface area (Å²) in [4.78, 5) is 11.1. The fourth-order valence-corrected chi connectivity index (χ4v) is 3.26. The molecular weight excluding hydrogens is 373 g/mol. The molecule has 0 aliphatic carbocycles. The number of hydrogen-bond donors (Lipinski definition) is 0. The highest BCUT2D eigenvalue weighted by Crippen LogP contribution is 2.29. The molecule has 3 nitrogen and oxygen atoms in total. The van der Waals surface area contributed by atoms with Gasteiger partial charge in [-0.2, -0.15) is 0 Å². The Kier molecular flexibility index (Phi) is 5.21. The maximum absolute atomic E-state index is 6.17. The minimum absolute atomic E-state index is 0.736. The highest BCUT2D eigenvalue weighted by atomic mass is 127. The van der Waals surface area contributed by atoms with Crippen LogP contribution in [0.3, 0.4) is 0 Å². The van der Waals surface area contributed by atoms with Gasteiger partial charge in [-0.15, -0.1) is 0 Å². The molecule has 0 amide bonds. The highest BCUT2D eigenvalue weighted by molar-refractivity contribution is 14.1. The van der Waals surface area contributed by atoms with E-state index in [1.807, 2.05) is 12.1 Å². The second kappa shape index (κ2) is 6.70. The van der Waals surface area contributed by atoms with Gasteiger partial charge in [0.25, 0.3) is 0 Å². The molecule has 0 radical (unpaired) electrons. The van der Waals surface area contributed by atoms with Crippen LogP contribution in [0.5, 0.6) is 0 Å². The molecular formula is C14H17ClIN3. The van der Waals surface area contributed by atoms with E-state index in [0.29, 0.717) is 0 Å². The fourth-order valence-electron chi connectivity index (χ4n) is 2.09. The third-order valence-electron chi connectivity index (χ3n) is 3.10. The average Bonchev–Trinajstić information content (AvgIpc) is 2.40. The molecule has 1 aromatic heterocycles. The molecule has 0 unspecified atom stereocenters. The summed E-state index contributed by atoms with van der Waals surface area (Å²) < 4.78 is 1.07. The molecule has 0 saturated heterocycles. The zero-order valence-corrected chi connectivity index (χ0v) is 14.1. The van der Waals surface area contributed by atoms with Crippen molar-refractivity contribution in [1.29, 1.82) is 0 Å². The first-order valence-corrected chi connectivity index (χ1v) is 7.97. The van der Waals surface area contributed by atoms with Crippen LogP contribution in [-0.4, -0.2) is 23.1 Å². The molecule has 2 rings (SSSR count). The van der Waals surface area contributed by atoms with Crippen LogP contribution in [-0.2, 0) is 0 Å². The Balaban J connectivity index is 2.53. The van der Waals surface area contributed by atoms with Crippen LogP contribution in [0.4, 0.5) is 5.82 Å². The van der Waals surface area contributed by atoms with E-state index in [4.69, 9.17) is 11.6 Å². The van der Waals surface area contributed by atoms with Gasteiger partial charge in [0.2, 0.25) is 0 Å². The summed E-state index contributed by atoms with van der Waals surface area (Å²) in [5.41, 5.74) is 0.977. The predicted molar refractivity (Wildman–Crippen MR) is 90.1 cm³/mol. The van der Waals surface area contributed by atoms with Crippen LogP contribution in [0.1, 0.15) is 26.7 Å². The number of rotatable bonds is 5. The van der Waals surface area contributed by atoms with E-state index in [2.05, 4.69) is 51.3 Å². The summed E-state index contributed by atoms with van der Waals surface area (Å²) in [6, 6.07) is 3.90. The van der Waals surface area contributed by atoms with Gasteiger partial charge in [-0.3, -0.25) is 0 Å². The number of aromatic nitrogens is 2. The Hall–Kier alpha value is -0.620. The fraction of sp³-hybridized carbons (Fsp3) is 0.429. The molecule has 1 aromatic carbocycles. The lowest BCUT2D eigenvalue weighted by Gasteiger charge is -2.23. The van der Waals surface area contributed by atoms with E-state index in [1.165, 1.54) is 6.42 Å². The molecule has 2 aromatic rings. The Morgan fingerprint density at radius 1 is 1.26 bits per heavy atom. The molecule has 19 heavy (non-hydrogen) atoms. The zero-order chi connectivity index (χ0) is 13.8. The smallest absolute Gasteiger partial charge is 0.139 e. The summed E-state index contributed by atoms with van der Waals surface area (Å²) in [5, 5.41) is 1.77. The van der Waals surface area contributed by atoms with Crippen molar-refractivity contribution in [2.24, 2.45) is 0 Å². The van der Waals surface area contributed by atoms with Gasteiger partial charge >= 0.3 is 0 Å². The Morgan fingerprint density at radius 2 is 2.05 bits per heavy atom. The van der Waals surface area contributed by atoms with E-state index < -0.39 is 0 Å². The van der Waals surface area contributed by atoms with Crippen LogP contribution in [0, 0.1) is 3.57 Å². The van der Waals surface area contributed by atoms with E-state index >= 15 is 0 Å². The van der Waals surface area contributed by atoms with E-state index in [0.717, 1.165) is 44.8 Å². The normalized spacial score (nSPS) is 10.9. The molecule has 0 fully saturated rings. The summed E-state index contributed by atoms with van der Waals surface area (Å²) in [6.45, 7) is 6.31. The first-order valence-electron chi connectivity index (χ1n) is 6.52. The topological polar surface area (TPSA) is 29.0 Å². The van der Waals surface area contributed by atoms with Gasteiger partial charge in [0.15, 0.2) is 0 Å². The molecule has 0 aliphatic rings. The van der Waals surface area contributed by atoms with Crippen LogP contribution in [0.25, 0.3) is 10.9 Å². The Morgan fingerprint density at radius 3 is 2.74 bits per heavy atom. The zero-order valence-electron chi connectivity index (χ0n) is 11.2. The van der Waals surface area contributed by atoms with Crippen LogP contribution in [0.15, 0.2) is 18.5 Å². The molecule has 0 bridgehead atoms. The van der Waals surface area contributed by atoms with Gasteiger partial charge in [0.1, 0.15) is 12.1 Å². The van der Waals surface area contributed by atoms with Gasteiger partial charge in [-0.25, -0.2) is 9.97 Å². The first-order chi connectivity index (χ1) is 9.17. The molecule has 1 heterocycles. The van der Waals surface area contributed by atoms with Crippen molar-refractivity contribution in [3.63, 3.8) is 0 Å². The van der Waals surface area contributed by atoms with Crippen molar-refractivity contribution < 1.29 is 0 Å². The van der Waals surface area contributed by atoms with Crippen molar-refractivity contribution in [2.75, 3.05) is 18.0 Å². The summed E-state index contributed by atoms with van der Waals surface area (Å²) in [5.74, 6) is 0.987. The SMILES string of the molecule is CCCCN(CC)c1ncnc2c(I)cc(Cl)cc12. The maximum Gasteiger partial charge on any atom is 0.139 e. The molecule has 0 atom stereocenters. The monoisotopic (exact) mass is 389 g/mol. The molecule has 102 valence electrons. The quantitative estimate of drug-likeness (QED) is 0.704. The third-order valence-corrected chi connectivity index (χ3v) is 4.14. The summed E-state index contributed by atoms with van der Waals surface area (Å²) >= 11 is 8.44. The second-order valence-corrected chi connectivity index (χ2v) is 6.01. The average molecular weight is 390 g/mol. The number of unbranched alkanes of at least 4 members (excludes halogenated alkanes) is 1. The molecule has 5 heteroatoms. The predicted octanol–water partition coefficient (Wildman–Crippen LogP) is 4.51. The first kappa shape index (κ1) is 14.8. The van der Waals surface area contributed by atoms with Gasteiger partial charge in [0.05, 0.1) is 5.52 Å². The minimum Gasteiger partial charge on any atom is -0.356 e. The van der Waals surface area contributed by atoms with Crippen molar-refractivity contribution in [3.8, 4) is 0 Å². The standard InChI is InChI=1S/C14H17ClIN3/c1-3-5-6-19(4-2)14-11-7-10(15)8-12(16)13(11)17-9-18-14/h7-9H,3-6H2,1-2H3. The van der Waals surface area contributed by atoms with Crippen LogP contribution >= 0.6 is 34.2 Å². The number of benzene rings is 1. The maximum atomic E-state index is 6.17. The number of anilines is 1. The summed E-state index contributed by atoms with van der Waals surface area (Å²) in [7, 11) is 0. The van der Waals surface area contributed by atoms with E-state index in [9.17, 15) is 0 Å².